The Morgan fingerprint density at radius 2 is 2.00 bits per heavy atom. The van der Waals surface area contributed by atoms with Gasteiger partial charge in [0.05, 0.1) is 0 Å². The molecule has 1 aromatic rings. The van der Waals surface area contributed by atoms with Gasteiger partial charge in [0.25, 0.3) is 0 Å². The highest BCUT2D eigenvalue weighted by molar-refractivity contribution is 5.79. The van der Waals surface area contributed by atoms with Crippen molar-refractivity contribution in [2.75, 3.05) is 42.9 Å². The number of amides is 1. The zero-order valence-electron chi connectivity index (χ0n) is 13.5. The predicted molar refractivity (Wildman–Crippen MR) is 87.1 cm³/mol. The zero-order chi connectivity index (χ0) is 15.5. The molecule has 1 saturated heterocycles. The Labute approximate surface area is 131 Å². The summed E-state index contributed by atoms with van der Waals surface area (Å²) < 4.78 is 0. The number of anilines is 2. The van der Waals surface area contributed by atoms with Crippen molar-refractivity contribution in [2.24, 2.45) is 5.92 Å². The third-order valence-corrected chi connectivity index (χ3v) is 4.55. The van der Waals surface area contributed by atoms with Gasteiger partial charge in [-0.05, 0) is 26.7 Å². The second-order valence-corrected chi connectivity index (χ2v) is 6.16. The second kappa shape index (κ2) is 6.50. The normalized spacial score (nSPS) is 19.0. The highest BCUT2D eigenvalue weighted by atomic mass is 16.2. The largest absolute Gasteiger partial charge is 0.354 e. The Kier molecular flexibility index (Phi) is 4.45. The van der Waals surface area contributed by atoms with Crippen LogP contribution in [0.3, 0.4) is 0 Å². The van der Waals surface area contributed by atoms with E-state index in [1.807, 2.05) is 24.8 Å². The average Bonchev–Trinajstić information content (AvgIpc) is 2.45. The summed E-state index contributed by atoms with van der Waals surface area (Å²) in [6.45, 7) is 8.13. The van der Waals surface area contributed by atoms with E-state index >= 15 is 0 Å². The van der Waals surface area contributed by atoms with Crippen LogP contribution in [0, 0.1) is 12.8 Å². The summed E-state index contributed by atoms with van der Waals surface area (Å²) in [5.74, 6) is 2.30. The van der Waals surface area contributed by atoms with E-state index in [9.17, 15) is 4.79 Å². The monoisotopic (exact) mass is 303 g/mol. The van der Waals surface area contributed by atoms with Crippen molar-refractivity contribution in [3.8, 4) is 0 Å². The van der Waals surface area contributed by atoms with Crippen LogP contribution in [0.1, 0.15) is 31.9 Å². The van der Waals surface area contributed by atoms with Crippen LogP contribution in [0.15, 0.2) is 6.07 Å². The van der Waals surface area contributed by atoms with Crippen molar-refractivity contribution < 1.29 is 4.79 Å². The number of hydrogen-bond acceptors (Lipinski definition) is 5. The van der Waals surface area contributed by atoms with Crippen molar-refractivity contribution in [3.05, 3.63) is 11.8 Å². The quantitative estimate of drug-likeness (QED) is 0.917. The number of hydrogen-bond donors (Lipinski definition) is 1. The minimum Gasteiger partial charge on any atom is -0.354 e. The van der Waals surface area contributed by atoms with Crippen LogP contribution in [0.4, 0.5) is 11.8 Å². The molecule has 0 bridgehead atoms. The van der Waals surface area contributed by atoms with Crippen LogP contribution in [0.25, 0.3) is 0 Å². The second-order valence-electron chi connectivity index (χ2n) is 6.16. The molecule has 3 rings (SSSR count). The van der Waals surface area contributed by atoms with Gasteiger partial charge in [0.15, 0.2) is 0 Å². The number of piperazine rings is 1. The lowest BCUT2D eigenvalue weighted by atomic mass is 9.84. The van der Waals surface area contributed by atoms with E-state index in [1.165, 1.54) is 6.42 Å². The molecule has 1 aromatic heterocycles. The fourth-order valence-corrected chi connectivity index (χ4v) is 3.02. The minimum atomic E-state index is 0.299. The molecule has 1 N–H and O–H groups in total. The third kappa shape index (κ3) is 3.15. The van der Waals surface area contributed by atoms with Crippen LogP contribution < -0.4 is 10.2 Å². The molecule has 0 unspecified atom stereocenters. The lowest BCUT2D eigenvalue weighted by Gasteiger charge is -2.38. The van der Waals surface area contributed by atoms with Crippen LogP contribution in [-0.4, -0.2) is 53.5 Å². The predicted octanol–water partition coefficient (Wildman–Crippen LogP) is 1.67. The van der Waals surface area contributed by atoms with Gasteiger partial charge in [0, 0.05) is 50.4 Å². The lowest BCUT2D eigenvalue weighted by molar-refractivity contribution is -0.138. The molecule has 0 radical (unpaired) electrons. The van der Waals surface area contributed by atoms with Crippen molar-refractivity contribution in [3.63, 3.8) is 0 Å². The smallest absolute Gasteiger partial charge is 0.225 e. The Hall–Kier alpha value is -1.85. The molecule has 1 aliphatic carbocycles. The molecule has 2 aliphatic rings. The van der Waals surface area contributed by atoms with E-state index < -0.39 is 0 Å². The average molecular weight is 303 g/mol. The molecule has 6 heteroatoms. The molecular formula is C16H25N5O. The number of nitrogens with one attached hydrogen (secondary N) is 1. The molecule has 1 aliphatic heterocycles. The van der Waals surface area contributed by atoms with Gasteiger partial charge in [-0.25, -0.2) is 4.98 Å². The summed E-state index contributed by atoms with van der Waals surface area (Å²) in [6.07, 6.45) is 3.37. The molecule has 6 nitrogen and oxygen atoms in total. The first-order chi connectivity index (χ1) is 10.7. The van der Waals surface area contributed by atoms with Crippen molar-refractivity contribution in [1.29, 1.82) is 0 Å². The topological polar surface area (TPSA) is 61.4 Å². The van der Waals surface area contributed by atoms with E-state index in [0.29, 0.717) is 17.8 Å². The van der Waals surface area contributed by atoms with Gasteiger partial charge in [0.1, 0.15) is 5.82 Å². The van der Waals surface area contributed by atoms with Gasteiger partial charge in [-0.1, -0.05) is 6.42 Å². The number of aryl methyl sites for hydroxylation is 1. The molecule has 0 spiro atoms. The summed E-state index contributed by atoms with van der Waals surface area (Å²) in [4.78, 5) is 25.5. The molecular weight excluding hydrogens is 278 g/mol. The van der Waals surface area contributed by atoms with Crippen molar-refractivity contribution in [1.82, 2.24) is 14.9 Å². The highest BCUT2D eigenvalue weighted by Crippen LogP contribution is 2.29. The Morgan fingerprint density at radius 1 is 1.27 bits per heavy atom. The Balaban J connectivity index is 1.62. The summed E-state index contributed by atoms with van der Waals surface area (Å²) in [5.41, 5.74) is 0.967. The summed E-state index contributed by atoms with van der Waals surface area (Å²) in [5, 5.41) is 3.17. The van der Waals surface area contributed by atoms with Gasteiger partial charge in [-0.3, -0.25) is 4.79 Å². The number of carbonyl (C=O) groups is 1. The molecule has 2 heterocycles. The molecule has 2 fully saturated rings. The fraction of sp³-hybridized carbons (Fsp3) is 0.688. The van der Waals surface area contributed by atoms with E-state index in [4.69, 9.17) is 0 Å². The maximum absolute atomic E-state index is 12.3. The van der Waals surface area contributed by atoms with E-state index in [0.717, 1.165) is 57.1 Å². The van der Waals surface area contributed by atoms with Gasteiger partial charge < -0.3 is 15.1 Å². The molecule has 0 aromatic carbocycles. The maximum Gasteiger partial charge on any atom is 0.225 e. The molecule has 22 heavy (non-hydrogen) atoms. The van der Waals surface area contributed by atoms with E-state index in [2.05, 4.69) is 20.2 Å². The molecule has 120 valence electrons. The van der Waals surface area contributed by atoms with Crippen LogP contribution in [0.2, 0.25) is 0 Å². The van der Waals surface area contributed by atoms with Gasteiger partial charge in [-0.2, -0.15) is 4.98 Å². The van der Waals surface area contributed by atoms with Crippen molar-refractivity contribution >= 4 is 17.7 Å². The molecule has 1 saturated carbocycles. The number of rotatable bonds is 4. The van der Waals surface area contributed by atoms with Gasteiger partial charge >= 0.3 is 0 Å². The van der Waals surface area contributed by atoms with Gasteiger partial charge in [-0.15, -0.1) is 0 Å². The van der Waals surface area contributed by atoms with Crippen LogP contribution in [0.5, 0.6) is 0 Å². The third-order valence-electron chi connectivity index (χ3n) is 4.55. The SMILES string of the molecule is CCNc1nc(C)cc(N2CCN(C(=O)C3CCC3)CC2)n1. The number of aromatic nitrogens is 2. The van der Waals surface area contributed by atoms with Crippen LogP contribution in [-0.2, 0) is 4.79 Å². The first kappa shape index (κ1) is 15.1. The summed E-state index contributed by atoms with van der Waals surface area (Å²) in [6, 6.07) is 2.02. The van der Waals surface area contributed by atoms with E-state index in [-0.39, 0.29) is 0 Å². The molecule has 0 atom stereocenters. The summed E-state index contributed by atoms with van der Waals surface area (Å²) >= 11 is 0. The van der Waals surface area contributed by atoms with Gasteiger partial charge in [0.2, 0.25) is 11.9 Å². The minimum absolute atomic E-state index is 0.299. The Morgan fingerprint density at radius 3 is 2.59 bits per heavy atom. The van der Waals surface area contributed by atoms with Crippen LogP contribution >= 0.6 is 0 Å². The Bertz CT molecular complexity index is 535. The lowest BCUT2D eigenvalue weighted by Crippen LogP contribution is -2.51. The zero-order valence-corrected chi connectivity index (χ0v) is 13.5. The fourth-order valence-electron chi connectivity index (χ4n) is 3.02. The highest BCUT2D eigenvalue weighted by Gasteiger charge is 2.31. The van der Waals surface area contributed by atoms with E-state index in [1.54, 1.807) is 0 Å². The maximum atomic E-state index is 12.3. The standard InChI is InChI=1S/C16H25N5O/c1-3-17-16-18-12(2)11-14(19-16)20-7-9-21(10-8-20)15(22)13-5-4-6-13/h11,13H,3-10H2,1-2H3,(H,17,18,19). The first-order valence-electron chi connectivity index (χ1n) is 8.30. The first-order valence-corrected chi connectivity index (χ1v) is 8.30. The summed E-state index contributed by atoms with van der Waals surface area (Å²) in [7, 11) is 0. The van der Waals surface area contributed by atoms with Crippen molar-refractivity contribution in [2.45, 2.75) is 33.1 Å². The molecule has 1 amide bonds. The number of carbonyl (C=O) groups excluding carboxylic acids is 1. The number of nitrogens with zero attached hydrogens (tertiary/aromatic N) is 4.